The Balaban J connectivity index is 1.64. The van der Waals surface area contributed by atoms with E-state index < -0.39 is 0 Å². The number of benzene rings is 1. The van der Waals surface area contributed by atoms with Crippen molar-refractivity contribution >= 4 is 45.2 Å². The Morgan fingerprint density at radius 2 is 1.82 bits per heavy atom. The third kappa shape index (κ3) is 3.55. The average Bonchev–Trinajstić information content (AvgIpc) is 3.12. The lowest BCUT2D eigenvalue weighted by atomic mass is 9.94. The van der Waals surface area contributed by atoms with Gasteiger partial charge in [0.05, 0.1) is 0 Å². The monoisotopic (exact) mass is 457 g/mol. The molecule has 0 bridgehead atoms. The van der Waals surface area contributed by atoms with Crippen molar-refractivity contribution in [1.82, 2.24) is 14.8 Å². The number of amides is 1. The molecular formula is C22H24BrN3OS. The molecule has 2 heterocycles. The Morgan fingerprint density at radius 1 is 1.14 bits per heavy atom. The van der Waals surface area contributed by atoms with E-state index in [9.17, 15) is 4.79 Å². The van der Waals surface area contributed by atoms with Gasteiger partial charge in [-0.2, -0.15) is 0 Å². The third-order valence-corrected chi connectivity index (χ3v) is 6.53. The molecule has 28 heavy (non-hydrogen) atoms. The minimum absolute atomic E-state index is 0.00495. The van der Waals surface area contributed by atoms with Crippen LogP contribution in [0.1, 0.15) is 49.1 Å². The first kappa shape index (κ1) is 19.4. The number of halogens is 1. The molecule has 146 valence electrons. The first-order valence-electron chi connectivity index (χ1n) is 9.77. The Morgan fingerprint density at radius 3 is 2.50 bits per heavy atom. The zero-order valence-electron chi connectivity index (χ0n) is 16.2. The highest BCUT2D eigenvalue weighted by molar-refractivity contribution is 9.10. The maximum Gasteiger partial charge on any atom is 0.276 e. The van der Waals surface area contributed by atoms with E-state index in [2.05, 4.69) is 57.9 Å². The molecule has 1 saturated heterocycles. The predicted molar refractivity (Wildman–Crippen MR) is 120 cm³/mol. The van der Waals surface area contributed by atoms with Gasteiger partial charge in [-0.25, -0.2) is 0 Å². The molecule has 0 radical (unpaired) electrons. The number of nitrogens with one attached hydrogen (secondary N) is 1. The minimum Gasteiger partial charge on any atom is -0.328 e. The van der Waals surface area contributed by atoms with Gasteiger partial charge in [-0.3, -0.25) is 9.69 Å². The molecule has 0 unspecified atom stereocenters. The summed E-state index contributed by atoms with van der Waals surface area (Å²) in [4.78, 5) is 14.8. The lowest BCUT2D eigenvalue weighted by molar-refractivity contribution is -0.124. The van der Waals surface area contributed by atoms with Gasteiger partial charge in [0.1, 0.15) is 5.70 Å². The molecular weight excluding hydrogens is 434 g/mol. The first-order valence-corrected chi connectivity index (χ1v) is 11.0. The number of aryl methyl sites for hydroxylation is 1. The Bertz CT molecular complexity index is 955. The van der Waals surface area contributed by atoms with Gasteiger partial charge in [-0.15, -0.1) is 0 Å². The number of nitrogens with zero attached hydrogens (tertiary/aromatic N) is 2. The standard InChI is InChI=1S/C22H24BrN3OS/c1-14-12-16(15(2)25(14)19-10-8-17(23)9-11-19)13-20-21(27)26(22(28)24-20)18-6-4-3-5-7-18/h8-13,18H,3-7H2,1-2H3,(H,24,28)/b20-13-. The van der Waals surface area contributed by atoms with Crippen LogP contribution in [0.5, 0.6) is 0 Å². The summed E-state index contributed by atoms with van der Waals surface area (Å²) >= 11 is 8.98. The summed E-state index contributed by atoms with van der Waals surface area (Å²) in [5.41, 5.74) is 4.94. The molecule has 1 aromatic heterocycles. The number of aromatic nitrogens is 1. The van der Waals surface area contributed by atoms with Crippen molar-refractivity contribution in [3.05, 3.63) is 57.5 Å². The lowest BCUT2D eigenvalue weighted by Crippen LogP contribution is -2.41. The molecule has 4 nitrogen and oxygen atoms in total. The second-order valence-corrected chi connectivity index (χ2v) is 8.90. The maximum absolute atomic E-state index is 13.0. The number of hydrogen-bond donors (Lipinski definition) is 1. The van der Waals surface area contributed by atoms with Crippen molar-refractivity contribution < 1.29 is 4.79 Å². The molecule has 2 fully saturated rings. The van der Waals surface area contributed by atoms with Crippen LogP contribution in [-0.4, -0.2) is 26.5 Å². The fraction of sp³-hybridized carbons (Fsp3) is 0.364. The van der Waals surface area contributed by atoms with Crippen LogP contribution in [-0.2, 0) is 4.79 Å². The summed E-state index contributed by atoms with van der Waals surface area (Å²) < 4.78 is 3.26. The van der Waals surface area contributed by atoms with Crippen molar-refractivity contribution in [2.45, 2.75) is 52.0 Å². The molecule has 2 aromatic rings. The number of rotatable bonds is 3. The van der Waals surface area contributed by atoms with E-state index in [1.54, 1.807) is 4.90 Å². The summed E-state index contributed by atoms with van der Waals surface area (Å²) in [7, 11) is 0. The second-order valence-electron chi connectivity index (χ2n) is 7.59. The van der Waals surface area contributed by atoms with E-state index in [0.29, 0.717) is 10.8 Å². The van der Waals surface area contributed by atoms with Crippen LogP contribution in [0.3, 0.4) is 0 Å². The molecule has 0 atom stereocenters. The van der Waals surface area contributed by atoms with Crippen molar-refractivity contribution in [3.63, 3.8) is 0 Å². The number of thiocarbonyl (C=S) groups is 1. The van der Waals surface area contributed by atoms with Gasteiger partial charge in [0, 0.05) is 27.6 Å². The van der Waals surface area contributed by atoms with Gasteiger partial charge in [0.15, 0.2) is 5.11 Å². The lowest BCUT2D eigenvalue weighted by Gasteiger charge is -2.29. The highest BCUT2D eigenvalue weighted by Crippen LogP contribution is 2.28. The molecule has 6 heteroatoms. The van der Waals surface area contributed by atoms with Crippen molar-refractivity contribution in [3.8, 4) is 5.69 Å². The van der Waals surface area contributed by atoms with Crippen LogP contribution in [0.2, 0.25) is 0 Å². The average molecular weight is 458 g/mol. The molecule has 1 aliphatic heterocycles. The maximum atomic E-state index is 13.0. The SMILES string of the molecule is Cc1cc(/C=C2\NC(=S)N(C3CCCCC3)C2=O)c(C)n1-c1ccc(Br)cc1. The van der Waals surface area contributed by atoms with E-state index in [-0.39, 0.29) is 11.9 Å². The number of carbonyl (C=O) groups is 1. The molecule has 0 spiro atoms. The van der Waals surface area contributed by atoms with E-state index >= 15 is 0 Å². The zero-order chi connectivity index (χ0) is 19.8. The molecule has 1 N–H and O–H groups in total. The van der Waals surface area contributed by atoms with E-state index in [4.69, 9.17) is 12.2 Å². The van der Waals surface area contributed by atoms with Gasteiger partial charge in [-0.05, 0) is 80.9 Å². The van der Waals surface area contributed by atoms with Crippen LogP contribution < -0.4 is 5.32 Å². The second kappa shape index (κ2) is 7.84. The summed E-state index contributed by atoms with van der Waals surface area (Å²) in [5.74, 6) is 0.00495. The number of carbonyl (C=O) groups excluding carboxylic acids is 1. The van der Waals surface area contributed by atoms with Crippen LogP contribution in [0, 0.1) is 13.8 Å². The molecule has 2 aliphatic rings. The fourth-order valence-electron chi connectivity index (χ4n) is 4.30. The highest BCUT2D eigenvalue weighted by atomic mass is 79.9. The summed E-state index contributed by atoms with van der Waals surface area (Å²) in [6.07, 6.45) is 7.62. The van der Waals surface area contributed by atoms with Crippen LogP contribution in [0.4, 0.5) is 0 Å². The molecule has 1 aliphatic carbocycles. The number of hydrogen-bond acceptors (Lipinski definition) is 2. The summed E-state index contributed by atoms with van der Waals surface area (Å²) in [5, 5.41) is 3.70. The van der Waals surface area contributed by atoms with Gasteiger partial charge >= 0.3 is 0 Å². The smallest absolute Gasteiger partial charge is 0.276 e. The molecule has 4 rings (SSSR count). The van der Waals surface area contributed by atoms with Crippen LogP contribution >= 0.6 is 28.1 Å². The van der Waals surface area contributed by atoms with Crippen LogP contribution in [0.25, 0.3) is 11.8 Å². The topological polar surface area (TPSA) is 37.3 Å². The third-order valence-electron chi connectivity index (χ3n) is 5.70. The largest absolute Gasteiger partial charge is 0.328 e. The van der Waals surface area contributed by atoms with Crippen molar-refractivity contribution in [2.75, 3.05) is 0 Å². The van der Waals surface area contributed by atoms with E-state index in [1.807, 2.05) is 18.2 Å². The zero-order valence-corrected chi connectivity index (χ0v) is 18.6. The summed E-state index contributed by atoms with van der Waals surface area (Å²) in [6, 6.07) is 10.6. The Hall–Kier alpha value is -1.92. The predicted octanol–water partition coefficient (Wildman–Crippen LogP) is 5.25. The molecule has 1 saturated carbocycles. The quantitative estimate of drug-likeness (QED) is 0.505. The van der Waals surface area contributed by atoms with Crippen molar-refractivity contribution in [2.24, 2.45) is 0 Å². The molecule has 1 amide bonds. The fourth-order valence-corrected chi connectivity index (χ4v) is 4.90. The van der Waals surface area contributed by atoms with E-state index in [0.717, 1.165) is 40.0 Å². The van der Waals surface area contributed by atoms with Gasteiger partial charge in [-0.1, -0.05) is 35.2 Å². The molecule has 1 aromatic carbocycles. The highest BCUT2D eigenvalue weighted by Gasteiger charge is 2.36. The minimum atomic E-state index is 0.00495. The van der Waals surface area contributed by atoms with Gasteiger partial charge in [0.2, 0.25) is 0 Å². The Labute approximate surface area is 179 Å². The normalized spacial score (nSPS) is 19.5. The first-order chi connectivity index (χ1) is 13.5. The summed E-state index contributed by atoms with van der Waals surface area (Å²) in [6.45, 7) is 4.16. The van der Waals surface area contributed by atoms with Crippen LogP contribution in [0.15, 0.2) is 40.5 Å². The van der Waals surface area contributed by atoms with E-state index in [1.165, 1.54) is 19.3 Å². The van der Waals surface area contributed by atoms with Crippen molar-refractivity contribution in [1.29, 1.82) is 0 Å². The Kier molecular flexibility index (Phi) is 5.43. The van der Waals surface area contributed by atoms with Gasteiger partial charge in [0.25, 0.3) is 5.91 Å². The van der Waals surface area contributed by atoms with Gasteiger partial charge < -0.3 is 9.88 Å².